The molecule has 0 aliphatic heterocycles. The lowest BCUT2D eigenvalue weighted by Crippen LogP contribution is -2.31. The van der Waals surface area contributed by atoms with Gasteiger partial charge in [0.2, 0.25) is 0 Å². The molecule has 0 aliphatic rings. The minimum atomic E-state index is -0.250. The fraction of sp³-hybridized carbons (Fsp3) is 0.500. The topological polar surface area (TPSA) is 58.6 Å². The molecule has 0 atom stereocenters. The summed E-state index contributed by atoms with van der Waals surface area (Å²) in [5.74, 6) is 2.25. The lowest BCUT2D eigenvalue weighted by atomic mass is 9.87. The van der Waals surface area contributed by atoms with Gasteiger partial charge < -0.3 is 10.9 Å². The van der Waals surface area contributed by atoms with Crippen molar-refractivity contribution in [2.45, 2.75) is 32.4 Å². The van der Waals surface area contributed by atoms with E-state index in [1.807, 2.05) is 43.8 Å². The number of amidine groups is 1. The Bertz CT molecular complexity index is 435. The van der Waals surface area contributed by atoms with Gasteiger partial charge in [0, 0.05) is 16.2 Å². The molecule has 0 unspecified atom stereocenters. The van der Waals surface area contributed by atoms with Gasteiger partial charge >= 0.3 is 0 Å². The van der Waals surface area contributed by atoms with Gasteiger partial charge in [-0.05, 0) is 30.2 Å². The molecule has 0 bridgehead atoms. The Labute approximate surface area is 124 Å². The van der Waals surface area contributed by atoms with Crippen LogP contribution in [0.2, 0.25) is 5.02 Å². The number of benzene rings is 1. The highest BCUT2D eigenvalue weighted by Crippen LogP contribution is 2.25. The molecule has 1 aromatic carbocycles. The summed E-state index contributed by atoms with van der Waals surface area (Å²) in [5.41, 5.74) is 6.57. The number of rotatable bonds is 7. The van der Waals surface area contributed by atoms with Gasteiger partial charge in [-0.1, -0.05) is 48.8 Å². The number of hydrogen-bond donors (Lipinski definition) is 2. The summed E-state index contributed by atoms with van der Waals surface area (Å²) in [6.45, 7) is 3.97. The predicted octanol–water partition coefficient (Wildman–Crippen LogP) is 4.13. The maximum absolute atomic E-state index is 8.70. The minimum Gasteiger partial charge on any atom is -0.409 e. The van der Waals surface area contributed by atoms with Crippen LogP contribution in [0.1, 0.15) is 32.3 Å². The average Bonchev–Trinajstić information content (AvgIpc) is 2.39. The molecule has 3 N–H and O–H groups in total. The van der Waals surface area contributed by atoms with Crippen LogP contribution in [0.25, 0.3) is 0 Å². The van der Waals surface area contributed by atoms with Crippen molar-refractivity contribution in [3.8, 4) is 0 Å². The molecule has 0 spiro atoms. The summed E-state index contributed by atoms with van der Waals surface area (Å²) >= 11 is 7.95. The Hall–Kier alpha value is -0.870. The van der Waals surface area contributed by atoms with E-state index in [0.29, 0.717) is 5.84 Å². The molecule has 0 aliphatic carbocycles. The lowest BCUT2D eigenvalue weighted by Gasteiger charge is -2.22. The van der Waals surface area contributed by atoms with Gasteiger partial charge in [0.05, 0.1) is 0 Å². The summed E-state index contributed by atoms with van der Waals surface area (Å²) < 4.78 is 0. The monoisotopic (exact) mass is 300 g/mol. The molecule has 19 heavy (non-hydrogen) atoms. The van der Waals surface area contributed by atoms with Crippen molar-refractivity contribution >= 4 is 29.2 Å². The van der Waals surface area contributed by atoms with E-state index in [2.05, 4.69) is 11.2 Å². The van der Waals surface area contributed by atoms with Crippen LogP contribution < -0.4 is 5.73 Å². The van der Waals surface area contributed by atoms with Crippen molar-refractivity contribution < 1.29 is 5.21 Å². The number of hydrogen-bond acceptors (Lipinski definition) is 3. The second-order valence-corrected chi connectivity index (χ2v) is 6.63. The zero-order chi connectivity index (χ0) is 14.3. The van der Waals surface area contributed by atoms with Crippen LogP contribution in [0.15, 0.2) is 29.4 Å². The largest absolute Gasteiger partial charge is 0.409 e. The van der Waals surface area contributed by atoms with Crippen LogP contribution in [0, 0.1) is 5.41 Å². The zero-order valence-electron chi connectivity index (χ0n) is 11.4. The normalized spacial score (nSPS) is 12.7. The smallest absolute Gasteiger partial charge is 0.144 e. The summed E-state index contributed by atoms with van der Waals surface area (Å²) in [5, 5.41) is 12.6. The van der Waals surface area contributed by atoms with Gasteiger partial charge in [-0.2, -0.15) is 11.8 Å². The maximum Gasteiger partial charge on any atom is 0.144 e. The van der Waals surface area contributed by atoms with Gasteiger partial charge in [0.25, 0.3) is 0 Å². The van der Waals surface area contributed by atoms with Crippen molar-refractivity contribution in [3.63, 3.8) is 0 Å². The third-order valence-corrected chi connectivity index (χ3v) is 4.57. The Morgan fingerprint density at radius 2 is 2.11 bits per heavy atom. The van der Waals surface area contributed by atoms with E-state index >= 15 is 0 Å². The first-order valence-electron chi connectivity index (χ1n) is 6.26. The van der Waals surface area contributed by atoms with E-state index in [0.717, 1.165) is 29.4 Å². The first-order chi connectivity index (χ1) is 8.97. The first-order valence-corrected chi connectivity index (χ1v) is 7.80. The summed E-state index contributed by atoms with van der Waals surface area (Å²) in [6, 6.07) is 7.91. The minimum absolute atomic E-state index is 0.250. The molecular formula is C14H21ClN2OS. The third kappa shape index (κ3) is 5.33. The number of oxime groups is 1. The van der Waals surface area contributed by atoms with Crippen molar-refractivity contribution in [1.29, 1.82) is 0 Å². The summed E-state index contributed by atoms with van der Waals surface area (Å²) in [6.07, 6.45) is 1.93. The molecule has 106 valence electrons. The molecular weight excluding hydrogens is 280 g/mol. The fourth-order valence-electron chi connectivity index (χ4n) is 1.68. The SMILES string of the molecule is CC(C)(CCCSCc1ccccc1Cl)/C(N)=N/O. The highest BCUT2D eigenvalue weighted by atomic mass is 35.5. The standard InChI is InChI=1S/C14H21ClN2OS/c1-14(2,13(16)17-18)8-5-9-19-10-11-6-3-4-7-12(11)15/h3-4,6-7,18H,5,8-10H2,1-2H3,(H2,16,17). The molecule has 3 nitrogen and oxygen atoms in total. The molecule has 0 heterocycles. The molecule has 1 aromatic rings. The number of nitrogens with zero attached hydrogens (tertiary/aromatic N) is 1. The van der Waals surface area contributed by atoms with E-state index in [1.165, 1.54) is 5.56 Å². The summed E-state index contributed by atoms with van der Waals surface area (Å²) in [7, 11) is 0. The summed E-state index contributed by atoms with van der Waals surface area (Å²) in [4.78, 5) is 0. The van der Waals surface area contributed by atoms with Gasteiger partial charge in [-0.25, -0.2) is 0 Å². The van der Waals surface area contributed by atoms with E-state index < -0.39 is 0 Å². The van der Waals surface area contributed by atoms with Crippen molar-refractivity contribution in [2.75, 3.05) is 5.75 Å². The average molecular weight is 301 g/mol. The molecule has 1 rings (SSSR count). The Kier molecular flexibility index (Phi) is 6.52. The van der Waals surface area contributed by atoms with Crippen LogP contribution in [-0.2, 0) is 5.75 Å². The predicted molar refractivity (Wildman–Crippen MR) is 84.0 cm³/mol. The number of halogens is 1. The molecule has 0 aromatic heterocycles. The fourth-order valence-corrected chi connectivity index (χ4v) is 2.92. The van der Waals surface area contributed by atoms with E-state index in [9.17, 15) is 0 Å². The van der Waals surface area contributed by atoms with Gasteiger partial charge in [0.1, 0.15) is 5.84 Å². The van der Waals surface area contributed by atoms with Gasteiger partial charge in [-0.3, -0.25) is 0 Å². The Balaban J connectivity index is 2.27. The molecule has 0 saturated carbocycles. The van der Waals surface area contributed by atoms with E-state index in [1.54, 1.807) is 0 Å². The van der Waals surface area contributed by atoms with Gasteiger partial charge in [-0.15, -0.1) is 0 Å². The first kappa shape index (κ1) is 16.2. The number of nitrogens with two attached hydrogens (primary N) is 1. The van der Waals surface area contributed by atoms with E-state index in [-0.39, 0.29) is 5.41 Å². The van der Waals surface area contributed by atoms with Crippen LogP contribution in [0.5, 0.6) is 0 Å². The Morgan fingerprint density at radius 1 is 1.42 bits per heavy atom. The third-order valence-electron chi connectivity index (χ3n) is 3.11. The molecule has 0 amide bonds. The van der Waals surface area contributed by atoms with Crippen LogP contribution >= 0.6 is 23.4 Å². The van der Waals surface area contributed by atoms with Crippen LogP contribution in [0.4, 0.5) is 0 Å². The maximum atomic E-state index is 8.70. The second-order valence-electron chi connectivity index (χ2n) is 5.12. The Morgan fingerprint density at radius 3 is 2.74 bits per heavy atom. The van der Waals surface area contributed by atoms with Crippen LogP contribution in [-0.4, -0.2) is 16.8 Å². The van der Waals surface area contributed by atoms with Crippen molar-refractivity contribution in [2.24, 2.45) is 16.3 Å². The molecule has 0 saturated heterocycles. The quantitative estimate of drug-likeness (QED) is 0.262. The van der Waals surface area contributed by atoms with Crippen molar-refractivity contribution in [3.05, 3.63) is 34.9 Å². The zero-order valence-corrected chi connectivity index (χ0v) is 13.0. The molecule has 0 fully saturated rings. The molecule has 5 heteroatoms. The highest BCUT2D eigenvalue weighted by Gasteiger charge is 2.22. The van der Waals surface area contributed by atoms with Crippen LogP contribution in [0.3, 0.4) is 0 Å². The number of thioether (sulfide) groups is 1. The lowest BCUT2D eigenvalue weighted by molar-refractivity contribution is 0.305. The highest BCUT2D eigenvalue weighted by molar-refractivity contribution is 7.98. The van der Waals surface area contributed by atoms with E-state index in [4.69, 9.17) is 22.5 Å². The molecule has 0 radical (unpaired) electrons. The van der Waals surface area contributed by atoms with Gasteiger partial charge in [0.15, 0.2) is 0 Å². The second kappa shape index (κ2) is 7.65. The van der Waals surface area contributed by atoms with Crippen molar-refractivity contribution in [1.82, 2.24) is 0 Å².